The minimum Gasteiger partial charge on any atom is -0.450 e. The molecule has 7 heteroatoms. The maximum absolute atomic E-state index is 11.7. The van der Waals surface area contributed by atoms with Gasteiger partial charge in [0.05, 0.1) is 12.6 Å². The first-order valence-corrected chi connectivity index (χ1v) is 5.94. The third kappa shape index (κ3) is 4.33. The number of aliphatic hydroxyl groups excluding tert-OH is 1. The fourth-order valence-corrected chi connectivity index (χ4v) is 1.90. The zero-order chi connectivity index (χ0) is 13.5. The van der Waals surface area contributed by atoms with Crippen LogP contribution in [0.4, 0.5) is 4.79 Å². The molecule has 0 spiro atoms. The van der Waals surface area contributed by atoms with Gasteiger partial charge < -0.3 is 14.7 Å². The van der Waals surface area contributed by atoms with Crippen LogP contribution in [0.5, 0.6) is 0 Å². The van der Waals surface area contributed by atoms with Gasteiger partial charge in [-0.1, -0.05) is 12.2 Å². The van der Waals surface area contributed by atoms with Crippen LogP contribution >= 0.6 is 0 Å². The molecule has 7 nitrogen and oxygen atoms in total. The molecule has 2 atom stereocenters. The fourth-order valence-electron chi connectivity index (χ4n) is 1.90. The van der Waals surface area contributed by atoms with Crippen molar-refractivity contribution in [3.8, 4) is 0 Å². The van der Waals surface area contributed by atoms with Crippen LogP contribution in [0.15, 0.2) is 12.2 Å². The Hall–Kier alpha value is -1.63. The lowest BCUT2D eigenvalue weighted by Gasteiger charge is -2.32. The summed E-state index contributed by atoms with van der Waals surface area (Å²) in [5.41, 5.74) is 0. The number of ether oxygens (including phenoxy) is 1. The van der Waals surface area contributed by atoms with Crippen LogP contribution in [0.3, 0.4) is 0 Å². The molecule has 0 fully saturated rings. The van der Waals surface area contributed by atoms with E-state index in [1.54, 1.807) is 13.0 Å². The third-order valence-corrected chi connectivity index (χ3v) is 2.67. The van der Waals surface area contributed by atoms with E-state index < -0.39 is 23.7 Å². The van der Waals surface area contributed by atoms with Gasteiger partial charge in [-0.2, -0.15) is 0 Å². The lowest BCUT2D eigenvalue weighted by atomic mass is 10.0. The van der Waals surface area contributed by atoms with Crippen molar-refractivity contribution in [2.45, 2.75) is 31.9 Å². The van der Waals surface area contributed by atoms with Crippen molar-refractivity contribution in [3.63, 3.8) is 0 Å². The van der Waals surface area contributed by atoms with E-state index in [4.69, 9.17) is 4.74 Å². The van der Waals surface area contributed by atoms with E-state index in [0.717, 1.165) is 6.42 Å². The van der Waals surface area contributed by atoms with Crippen molar-refractivity contribution in [3.05, 3.63) is 22.3 Å². The van der Waals surface area contributed by atoms with E-state index in [-0.39, 0.29) is 19.1 Å². The molecule has 1 aliphatic heterocycles. The molecule has 2 unspecified atom stereocenters. The summed E-state index contributed by atoms with van der Waals surface area (Å²) in [6.07, 6.45) is 3.05. The molecule has 18 heavy (non-hydrogen) atoms. The van der Waals surface area contributed by atoms with E-state index >= 15 is 0 Å². The maximum atomic E-state index is 11.7. The maximum Gasteiger partial charge on any atom is 0.410 e. The summed E-state index contributed by atoms with van der Waals surface area (Å²) in [6, 6.07) is -0.340. The highest BCUT2D eigenvalue weighted by atomic mass is 16.6. The molecule has 1 amide bonds. The first-order chi connectivity index (χ1) is 8.54. The molecule has 0 radical (unpaired) electrons. The third-order valence-electron chi connectivity index (χ3n) is 2.67. The Morgan fingerprint density at radius 2 is 2.44 bits per heavy atom. The minimum absolute atomic E-state index is 0.149. The van der Waals surface area contributed by atoms with Crippen molar-refractivity contribution in [1.29, 1.82) is 0 Å². The summed E-state index contributed by atoms with van der Waals surface area (Å²) in [5, 5.41) is 19.8. The first-order valence-electron chi connectivity index (χ1n) is 5.94. The highest BCUT2D eigenvalue weighted by molar-refractivity contribution is 5.68. The van der Waals surface area contributed by atoms with Crippen LogP contribution in [-0.4, -0.2) is 52.9 Å². The molecular formula is C11H18N2O5. The number of carbonyl (C=O) groups is 1. The standard InChI is InChI=1S/C11H18N2O5/c1-2-18-11(15)12-6-4-3-5-9(12)7-10(14)8-13(16)17/h3,5,9-10,14H,2,4,6-8H2,1H3. The van der Waals surface area contributed by atoms with E-state index in [2.05, 4.69) is 0 Å². The van der Waals surface area contributed by atoms with Crippen molar-refractivity contribution in [2.24, 2.45) is 0 Å². The highest BCUT2D eigenvalue weighted by Gasteiger charge is 2.28. The Morgan fingerprint density at radius 1 is 1.72 bits per heavy atom. The van der Waals surface area contributed by atoms with E-state index in [9.17, 15) is 20.0 Å². The van der Waals surface area contributed by atoms with Gasteiger partial charge in [0.2, 0.25) is 6.54 Å². The predicted molar refractivity (Wildman–Crippen MR) is 63.8 cm³/mol. The molecule has 1 aliphatic rings. The Bertz CT molecular complexity index is 331. The van der Waals surface area contributed by atoms with Crippen molar-refractivity contribution in [2.75, 3.05) is 19.7 Å². The zero-order valence-electron chi connectivity index (χ0n) is 10.3. The average molecular weight is 258 g/mol. The fraction of sp³-hybridized carbons (Fsp3) is 0.727. The molecular weight excluding hydrogens is 240 g/mol. The monoisotopic (exact) mass is 258 g/mol. The normalized spacial score (nSPS) is 20.6. The van der Waals surface area contributed by atoms with Gasteiger partial charge in [-0.3, -0.25) is 10.1 Å². The molecule has 0 bridgehead atoms. The second-order valence-corrected chi connectivity index (χ2v) is 4.08. The molecule has 102 valence electrons. The topological polar surface area (TPSA) is 92.9 Å². The molecule has 0 aliphatic carbocycles. The SMILES string of the molecule is CCOC(=O)N1CCC=CC1CC(O)C[N+](=O)[O-]. The van der Waals surface area contributed by atoms with Crippen molar-refractivity contribution < 1.29 is 19.6 Å². The van der Waals surface area contributed by atoms with Crippen LogP contribution < -0.4 is 0 Å². The summed E-state index contributed by atoms with van der Waals surface area (Å²) < 4.78 is 4.91. The number of amides is 1. The minimum atomic E-state index is -1.07. The van der Waals surface area contributed by atoms with Crippen LogP contribution in [0.2, 0.25) is 0 Å². The van der Waals surface area contributed by atoms with Crippen molar-refractivity contribution in [1.82, 2.24) is 4.90 Å². The molecule has 1 rings (SSSR count). The van der Waals surface area contributed by atoms with Crippen LogP contribution in [-0.2, 0) is 4.74 Å². The second kappa shape index (κ2) is 6.95. The Kier molecular flexibility index (Phi) is 5.57. The predicted octanol–water partition coefficient (Wildman–Crippen LogP) is 0.801. The first kappa shape index (κ1) is 14.4. The largest absolute Gasteiger partial charge is 0.450 e. The smallest absolute Gasteiger partial charge is 0.410 e. The van der Waals surface area contributed by atoms with Gasteiger partial charge in [0, 0.05) is 17.9 Å². The summed E-state index contributed by atoms with van der Waals surface area (Å²) in [5.74, 6) is 0. The number of hydrogen-bond donors (Lipinski definition) is 1. The van der Waals surface area contributed by atoms with E-state index in [1.165, 1.54) is 4.90 Å². The number of rotatable bonds is 5. The number of hydrogen-bond acceptors (Lipinski definition) is 5. The molecule has 1 heterocycles. The van der Waals surface area contributed by atoms with Gasteiger partial charge >= 0.3 is 6.09 Å². The number of nitro groups is 1. The van der Waals surface area contributed by atoms with Gasteiger partial charge in [0.1, 0.15) is 6.10 Å². The Morgan fingerprint density at radius 3 is 3.06 bits per heavy atom. The van der Waals surface area contributed by atoms with Crippen LogP contribution in [0.1, 0.15) is 19.8 Å². The van der Waals surface area contributed by atoms with Gasteiger partial charge in [-0.25, -0.2) is 4.79 Å². The van der Waals surface area contributed by atoms with Gasteiger partial charge in [0.25, 0.3) is 0 Å². The highest BCUT2D eigenvalue weighted by Crippen LogP contribution is 2.16. The second-order valence-electron chi connectivity index (χ2n) is 4.08. The molecule has 0 aromatic carbocycles. The Labute approximate surface area is 105 Å². The van der Waals surface area contributed by atoms with Crippen molar-refractivity contribution >= 4 is 6.09 Å². The molecule has 0 aromatic rings. The number of nitrogens with zero attached hydrogens (tertiary/aromatic N) is 2. The lowest BCUT2D eigenvalue weighted by Crippen LogP contribution is -2.44. The summed E-state index contributed by atoms with van der Waals surface area (Å²) in [7, 11) is 0. The van der Waals surface area contributed by atoms with Gasteiger partial charge in [-0.05, 0) is 13.3 Å². The van der Waals surface area contributed by atoms with E-state index in [1.807, 2.05) is 6.08 Å². The zero-order valence-corrected chi connectivity index (χ0v) is 10.3. The molecule has 1 N–H and O–H groups in total. The molecule has 0 saturated carbocycles. The van der Waals surface area contributed by atoms with Gasteiger partial charge in [0.15, 0.2) is 0 Å². The molecule has 0 saturated heterocycles. The van der Waals surface area contributed by atoms with Crippen LogP contribution in [0.25, 0.3) is 0 Å². The van der Waals surface area contributed by atoms with Gasteiger partial charge in [-0.15, -0.1) is 0 Å². The number of aliphatic hydroxyl groups is 1. The van der Waals surface area contributed by atoms with E-state index in [0.29, 0.717) is 6.54 Å². The summed E-state index contributed by atoms with van der Waals surface area (Å²) >= 11 is 0. The summed E-state index contributed by atoms with van der Waals surface area (Å²) in [6.45, 7) is 1.99. The number of carbonyl (C=O) groups excluding carboxylic acids is 1. The lowest BCUT2D eigenvalue weighted by molar-refractivity contribution is -0.490. The van der Waals surface area contributed by atoms with Crippen LogP contribution in [0, 0.1) is 10.1 Å². The summed E-state index contributed by atoms with van der Waals surface area (Å²) in [4.78, 5) is 22.9. The quantitative estimate of drug-likeness (QED) is 0.447. The Balaban J connectivity index is 2.59. The molecule has 0 aromatic heterocycles. The average Bonchev–Trinajstić information content (AvgIpc) is 2.28.